The summed E-state index contributed by atoms with van der Waals surface area (Å²) in [6, 6.07) is 24.4. The summed E-state index contributed by atoms with van der Waals surface area (Å²) in [7, 11) is 1.70. The van der Waals surface area contributed by atoms with Crippen LogP contribution in [0.5, 0.6) is 11.5 Å². The number of hydrogen-bond donors (Lipinski definition) is 0. The largest absolute Gasteiger partial charge is 0.496 e. The molecule has 0 spiro atoms. The topological polar surface area (TPSA) is 44.8 Å². The summed E-state index contributed by atoms with van der Waals surface area (Å²) in [5, 5.41) is 2.29. The van der Waals surface area contributed by atoms with Gasteiger partial charge in [0.2, 0.25) is 0 Å². The number of methoxy groups -OCH3 is 1. The van der Waals surface area contributed by atoms with Crippen molar-refractivity contribution in [1.29, 1.82) is 0 Å². The van der Waals surface area contributed by atoms with E-state index in [9.17, 15) is 4.79 Å². The average Bonchev–Trinajstić information content (AvgIpc) is 2.96. The minimum Gasteiger partial charge on any atom is -0.496 e. The third-order valence-corrected chi connectivity index (χ3v) is 8.44. The van der Waals surface area contributed by atoms with Crippen LogP contribution in [0.1, 0.15) is 93.8 Å². The van der Waals surface area contributed by atoms with Gasteiger partial charge < -0.3 is 14.2 Å². The number of carbonyl (C=O) groups excluding carboxylic acids is 1. The highest BCUT2D eigenvalue weighted by Gasteiger charge is 2.36. The monoisotopic (exact) mass is 550 g/mol. The molecular formula is C37H42O4. The van der Waals surface area contributed by atoms with Crippen molar-refractivity contribution in [2.45, 2.75) is 84.3 Å². The van der Waals surface area contributed by atoms with Gasteiger partial charge in [-0.25, -0.2) is 4.79 Å². The first-order chi connectivity index (χ1) is 19.6. The van der Waals surface area contributed by atoms with Crippen molar-refractivity contribution in [1.82, 2.24) is 0 Å². The molecule has 4 aromatic rings. The minimum atomic E-state index is -0.565. The summed E-state index contributed by atoms with van der Waals surface area (Å²) in [5.41, 5.74) is 4.94. The van der Waals surface area contributed by atoms with Crippen molar-refractivity contribution in [3.8, 4) is 22.6 Å². The van der Waals surface area contributed by atoms with Crippen molar-refractivity contribution in [3.05, 3.63) is 95.1 Å². The molecule has 0 bridgehead atoms. The Bertz CT molecular complexity index is 1560. The van der Waals surface area contributed by atoms with Crippen molar-refractivity contribution < 1.29 is 19.0 Å². The first kappa shape index (κ1) is 28.7. The lowest BCUT2D eigenvalue weighted by atomic mass is 9.77. The number of ether oxygens (including phenoxy) is 3. The molecule has 0 unspecified atom stereocenters. The molecule has 0 atom stereocenters. The lowest BCUT2D eigenvalue weighted by Crippen LogP contribution is -2.30. The number of fused-ring (bicyclic) bond motifs is 4. The van der Waals surface area contributed by atoms with Crippen LogP contribution in [0, 0.1) is 0 Å². The molecule has 0 aliphatic carbocycles. The van der Waals surface area contributed by atoms with E-state index in [-0.39, 0.29) is 18.0 Å². The summed E-state index contributed by atoms with van der Waals surface area (Å²) in [6.45, 7) is 11.2. The van der Waals surface area contributed by atoms with Gasteiger partial charge in [-0.2, -0.15) is 0 Å². The van der Waals surface area contributed by atoms with Gasteiger partial charge in [0, 0.05) is 5.56 Å². The minimum absolute atomic E-state index is 0.0156. The zero-order chi connectivity index (χ0) is 29.2. The van der Waals surface area contributed by atoms with Crippen molar-refractivity contribution >= 4 is 16.7 Å². The molecule has 4 aromatic carbocycles. The summed E-state index contributed by atoms with van der Waals surface area (Å²) < 4.78 is 18.3. The molecule has 0 amide bonds. The van der Waals surface area contributed by atoms with Crippen LogP contribution >= 0.6 is 0 Å². The van der Waals surface area contributed by atoms with Gasteiger partial charge in [-0.3, -0.25) is 0 Å². The van der Waals surface area contributed by atoms with Crippen LogP contribution in [0.4, 0.5) is 0 Å². The molecule has 214 valence electrons. The summed E-state index contributed by atoms with van der Waals surface area (Å²) in [6.07, 6.45) is 6.04. The van der Waals surface area contributed by atoms with Gasteiger partial charge in [0.25, 0.3) is 0 Å². The average molecular weight is 551 g/mol. The number of rotatable bonds is 10. The molecule has 1 aliphatic rings. The number of carbonyl (C=O) groups is 1. The Balaban J connectivity index is 1.44. The van der Waals surface area contributed by atoms with E-state index in [1.807, 2.05) is 36.4 Å². The second-order valence-electron chi connectivity index (χ2n) is 12.4. The van der Waals surface area contributed by atoms with Crippen LogP contribution in [0.3, 0.4) is 0 Å². The fourth-order valence-electron chi connectivity index (χ4n) is 5.92. The number of hydrogen-bond acceptors (Lipinski definition) is 4. The molecule has 0 radical (unpaired) electrons. The maximum Gasteiger partial charge on any atom is 0.338 e. The predicted molar refractivity (Wildman–Crippen MR) is 167 cm³/mol. The second kappa shape index (κ2) is 11.6. The number of esters is 1. The molecule has 5 rings (SSSR count). The van der Waals surface area contributed by atoms with Gasteiger partial charge in [-0.1, -0.05) is 88.9 Å². The fourth-order valence-corrected chi connectivity index (χ4v) is 5.92. The molecule has 1 aliphatic heterocycles. The van der Waals surface area contributed by atoms with Crippen LogP contribution in [-0.2, 0) is 22.4 Å². The summed E-state index contributed by atoms with van der Waals surface area (Å²) in [4.78, 5) is 13.2. The summed E-state index contributed by atoms with van der Waals surface area (Å²) >= 11 is 0. The Hall–Kier alpha value is -3.79. The Labute approximate surface area is 244 Å². The molecule has 0 aromatic heterocycles. The van der Waals surface area contributed by atoms with Gasteiger partial charge in [0.15, 0.2) is 0 Å². The molecule has 0 N–H and O–H groups in total. The Morgan fingerprint density at radius 3 is 2.44 bits per heavy atom. The van der Waals surface area contributed by atoms with E-state index in [0.29, 0.717) is 5.56 Å². The van der Waals surface area contributed by atoms with E-state index in [2.05, 4.69) is 71.0 Å². The Kier molecular flexibility index (Phi) is 8.13. The third kappa shape index (κ3) is 5.98. The van der Waals surface area contributed by atoms with Crippen molar-refractivity contribution in [2.75, 3.05) is 7.11 Å². The molecule has 41 heavy (non-hydrogen) atoms. The van der Waals surface area contributed by atoms with E-state index in [1.165, 1.54) is 31.2 Å². The number of benzene rings is 4. The first-order valence-electron chi connectivity index (χ1n) is 14.8. The molecule has 0 saturated carbocycles. The first-order valence-corrected chi connectivity index (χ1v) is 14.8. The van der Waals surface area contributed by atoms with E-state index in [1.54, 1.807) is 7.11 Å². The lowest BCUT2D eigenvalue weighted by molar-refractivity contribution is 0.0472. The zero-order valence-electron chi connectivity index (χ0n) is 25.3. The Morgan fingerprint density at radius 1 is 0.902 bits per heavy atom. The smallest absolute Gasteiger partial charge is 0.338 e. The van der Waals surface area contributed by atoms with Gasteiger partial charge in [0.05, 0.1) is 18.2 Å². The molecule has 4 heteroatoms. The molecule has 0 saturated heterocycles. The molecular weight excluding hydrogens is 508 g/mol. The number of unbranched alkanes of at least 4 members (excludes halogenated alkanes) is 3. The molecule has 4 nitrogen and oxygen atoms in total. The van der Waals surface area contributed by atoms with E-state index >= 15 is 0 Å². The van der Waals surface area contributed by atoms with E-state index in [0.717, 1.165) is 50.9 Å². The van der Waals surface area contributed by atoms with Crippen molar-refractivity contribution in [3.63, 3.8) is 0 Å². The van der Waals surface area contributed by atoms with Crippen LogP contribution < -0.4 is 9.47 Å². The lowest BCUT2D eigenvalue weighted by Gasteiger charge is -2.37. The predicted octanol–water partition coefficient (Wildman–Crippen LogP) is 9.75. The van der Waals surface area contributed by atoms with Gasteiger partial charge in [-0.05, 0) is 83.5 Å². The maximum atomic E-state index is 13.2. The highest BCUT2D eigenvalue weighted by Crippen LogP contribution is 2.51. The third-order valence-electron chi connectivity index (χ3n) is 8.44. The van der Waals surface area contributed by atoms with Gasteiger partial charge in [0.1, 0.15) is 23.7 Å². The van der Waals surface area contributed by atoms with Gasteiger partial charge in [-0.15, -0.1) is 0 Å². The fraction of sp³-hybridized carbons (Fsp3) is 0.378. The van der Waals surface area contributed by atoms with Crippen LogP contribution in [-0.4, -0.2) is 13.1 Å². The van der Waals surface area contributed by atoms with Crippen molar-refractivity contribution in [2.24, 2.45) is 0 Å². The Morgan fingerprint density at radius 2 is 1.68 bits per heavy atom. The van der Waals surface area contributed by atoms with Crippen LogP contribution in [0.2, 0.25) is 0 Å². The highest BCUT2D eigenvalue weighted by molar-refractivity contribution is 5.93. The standard InChI is InChI=1S/C37H42O4/c1-7-8-9-12-19-36(2,3)29-22-32(39-6)34-30-21-28(17-18-31(30)37(4,5)41-33(34)23-29)35(38)40-24-25-15-16-26-13-10-11-14-27(26)20-25/h10-11,13-18,20-23H,7-9,12,19,24H2,1-6H3. The SMILES string of the molecule is CCCCCCC(C)(C)c1cc(OC)c2c(c1)OC(C)(C)c1ccc(C(=O)OCc3ccc4ccccc4c3)cc1-2. The van der Waals surface area contributed by atoms with Crippen LogP contribution in [0.15, 0.2) is 72.8 Å². The molecule has 1 heterocycles. The molecule has 0 fully saturated rings. The highest BCUT2D eigenvalue weighted by atomic mass is 16.5. The van der Waals surface area contributed by atoms with E-state index < -0.39 is 5.60 Å². The summed E-state index contributed by atoms with van der Waals surface area (Å²) in [5.74, 6) is 1.20. The normalized spacial score (nSPS) is 13.7. The second-order valence-corrected chi connectivity index (χ2v) is 12.4. The van der Waals surface area contributed by atoms with Gasteiger partial charge >= 0.3 is 5.97 Å². The quantitative estimate of drug-likeness (QED) is 0.146. The van der Waals surface area contributed by atoms with Crippen LogP contribution in [0.25, 0.3) is 21.9 Å². The van der Waals surface area contributed by atoms with E-state index in [4.69, 9.17) is 14.2 Å². The zero-order valence-corrected chi connectivity index (χ0v) is 25.3. The maximum absolute atomic E-state index is 13.2.